The van der Waals surface area contributed by atoms with Crippen LogP contribution in [0.1, 0.15) is 35.2 Å². The molecule has 2 amide bonds. The van der Waals surface area contributed by atoms with E-state index in [-0.39, 0.29) is 47.8 Å². The highest BCUT2D eigenvalue weighted by Crippen LogP contribution is 2.33. The third-order valence-corrected chi connectivity index (χ3v) is 7.86. The fourth-order valence-corrected chi connectivity index (χ4v) is 5.43. The second kappa shape index (κ2) is 10.5. The number of pyridine rings is 1. The van der Waals surface area contributed by atoms with Crippen LogP contribution in [0.15, 0.2) is 52.0 Å². The minimum absolute atomic E-state index is 0.0281. The van der Waals surface area contributed by atoms with Gasteiger partial charge in [-0.3, -0.25) is 9.48 Å². The van der Waals surface area contributed by atoms with Gasteiger partial charge in [0.2, 0.25) is 5.92 Å². The number of carbonyl (C=O) groups excluding carboxylic acids is 1. The van der Waals surface area contributed by atoms with Crippen LogP contribution in [-0.4, -0.2) is 61.3 Å². The average Bonchev–Trinajstić information content (AvgIpc) is 3.17. The zero-order chi connectivity index (χ0) is 27.7. The summed E-state index contributed by atoms with van der Waals surface area (Å²) >= 11 is 0. The summed E-state index contributed by atoms with van der Waals surface area (Å²) in [7, 11) is -1.47. The zero-order valence-corrected chi connectivity index (χ0v) is 22.0. The number of aryl methyl sites for hydroxylation is 2. The number of carbonyl (C=O) groups is 2. The topological polar surface area (TPSA) is 130 Å². The van der Waals surface area contributed by atoms with Crippen LogP contribution in [0.5, 0.6) is 0 Å². The number of nitrogens with zero attached hydrogens (tertiary/aromatic N) is 5. The van der Waals surface area contributed by atoms with Crippen molar-refractivity contribution < 1.29 is 27.7 Å². The Hall–Kier alpha value is -3.87. The van der Waals surface area contributed by atoms with Crippen molar-refractivity contribution in [2.45, 2.75) is 37.0 Å². The second-order valence-electron chi connectivity index (χ2n) is 9.28. The number of rotatable bonds is 5. The summed E-state index contributed by atoms with van der Waals surface area (Å²) in [5.41, 5.74) is 2.35. The molecule has 1 unspecified atom stereocenters. The van der Waals surface area contributed by atoms with E-state index >= 15 is 0 Å². The van der Waals surface area contributed by atoms with Gasteiger partial charge in [0.25, 0.3) is 5.91 Å². The van der Waals surface area contributed by atoms with Crippen molar-refractivity contribution in [1.29, 1.82) is 0 Å². The lowest BCUT2D eigenvalue weighted by molar-refractivity contribution is -0.0102. The van der Waals surface area contributed by atoms with Crippen LogP contribution in [0.2, 0.25) is 0 Å². The van der Waals surface area contributed by atoms with Crippen molar-refractivity contribution in [3.63, 3.8) is 0 Å². The molecular formula is C25H28F2N6O4S. The van der Waals surface area contributed by atoms with Crippen LogP contribution in [0.4, 0.5) is 25.1 Å². The molecule has 3 aromatic rings. The van der Waals surface area contributed by atoms with Gasteiger partial charge in [-0.1, -0.05) is 6.07 Å². The molecule has 0 spiro atoms. The van der Waals surface area contributed by atoms with Gasteiger partial charge in [0.05, 0.1) is 27.2 Å². The van der Waals surface area contributed by atoms with Gasteiger partial charge in [-0.2, -0.15) is 5.10 Å². The number of hydrogen-bond acceptors (Lipinski definition) is 6. The maximum Gasteiger partial charge on any atom is 0.439 e. The largest absolute Gasteiger partial charge is 0.463 e. The first-order valence-corrected chi connectivity index (χ1v) is 13.8. The van der Waals surface area contributed by atoms with E-state index in [0.717, 1.165) is 5.56 Å². The number of halogens is 2. The standard InChI is InChI=1S/C25H28F2N6O4S/c1-16-12-20(17-14-28-32(2)15-17)30-22(33-10-5-8-25(26,27)9-11-33)21(16)23(34)29-18-6-4-7-19(13-18)38(3,37)31-24(35)36/h4,6-7,12-15H,5,8-11H2,1-3H3,(H,29,34)(H,35,36). The van der Waals surface area contributed by atoms with Crippen LogP contribution in [0.25, 0.3) is 11.3 Å². The van der Waals surface area contributed by atoms with Gasteiger partial charge in [0, 0.05) is 61.6 Å². The van der Waals surface area contributed by atoms with Crippen LogP contribution in [-0.2, 0) is 16.8 Å². The number of alkyl halides is 2. The number of hydrogen-bond donors (Lipinski definition) is 2. The Morgan fingerprint density at radius 2 is 1.97 bits per heavy atom. The Morgan fingerprint density at radius 1 is 1.21 bits per heavy atom. The second-order valence-corrected chi connectivity index (χ2v) is 11.5. The lowest BCUT2D eigenvalue weighted by Gasteiger charge is -2.25. The van der Waals surface area contributed by atoms with E-state index in [4.69, 9.17) is 10.1 Å². The Balaban J connectivity index is 1.74. The highest BCUT2D eigenvalue weighted by Gasteiger charge is 2.33. The average molecular weight is 547 g/mol. The number of amides is 2. The number of nitrogens with one attached hydrogen (secondary N) is 1. The summed E-state index contributed by atoms with van der Waals surface area (Å²) in [6.45, 7) is 2.08. The van der Waals surface area contributed by atoms with Crippen molar-refractivity contribution in [3.05, 3.63) is 53.9 Å². The minimum atomic E-state index is -3.24. The SMILES string of the molecule is Cc1cc(-c2cnn(C)c2)nc(N2CCCC(F)(F)CC2)c1C(=O)Nc1cccc(S(C)(=O)=NC(=O)O)c1. The molecule has 1 saturated heterocycles. The number of benzene rings is 1. The molecular weight excluding hydrogens is 518 g/mol. The summed E-state index contributed by atoms with van der Waals surface area (Å²) in [5, 5.41) is 15.9. The van der Waals surface area contributed by atoms with Gasteiger partial charge in [0.1, 0.15) is 5.82 Å². The van der Waals surface area contributed by atoms with Gasteiger partial charge < -0.3 is 15.3 Å². The predicted molar refractivity (Wildman–Crippen MR) is 139 cm³/mol. The molecule has 4 rings (SSSR count). The molecule has 202 valence electrons. The first kappa shape index (κ1) is 27.2. The fraction of sp³-hybridized carbons (Fsp3) is 0.360. The number of anilines is 2. The summed E-state index contributed by atoms with van der Waals surface area (Å²) in [6, 6.07) is 7.69. The molecule has 0 saturated carbocycles. The van der Waals surface area contributed by atoms with Gasteiger partial charge in [-0.15, -0.1) is 4.36 Å². The Bertz CT molecular complexity index is 1510. The van der Waals surface area contributed by atoms with Crippen LogP contribution in [0.3, 0.4) is 0 Å². The normalized spacial score (nSPS) is 16.8. The van der Waals surface area contributed by atoms with Crippen molar-refractivity contribution in [1.82, 2.24) is 14.8 Å². The highest BCUT2D eigenvalue weighted by molar-refractivity contribution is 7.93. The molecule has 3 heterocycles. The first-order chi connectivity index (χ1) is 17.8. The molecule has 0 bridgehead atoms. The maximum atomic E-state index is 14.1. The van der Waals surface area contributed by atoms with Crippen molar-refractivity contribution in [2.75, 3.05) is 29.6 Å². The maximum absolute atomic E-state index is 14.1. The van der Waals surface area contributed by atoms with Crippen molar-refractivity contribution >= 4 is 33.2 Å². The third kappa shape index (κ3) is 6.15. The lowest BCUT2D eigenvalue weighted by atomic mass is 10.0. The molecule has 2 aromatic heterocycles. The number of aromatic nitrogens is 3. The predicted octanol–water partition coefficient (Wildman–Crippen LogP) is 4.80. The van der Waals surface area contributed by atoms with Gasteiger partial charge in [-0.25, -0.2) is 22.8 Å². The summed E-state index contributed by atoms with van der Waals surface area (Å²) in [5.74, 6) is -3.04. The lowest BCUT2D eigenvalue weighted by Crippen LogP contribution is -2.30. The first-order valence-electron chi connectivity index (χ1n) is 11.8. The fourth-order valence-electron chi connectivity index (χ4n) is 4.35. The Kier molecular flexibility index (Phi) is 7.49. The molecule has 1 fully saturated rings. The zero-order valence-electron chi connectivity index (χ0n) is 21.1. The van der Waals surface area contributed by atoms with E-state index in [9.17, 15) is 22.6 Å². The number of carboxylic acid groups (broad SMARTS) is 1. The molecule has 38 heavy (non-hydrogen) atoms. The molecule has 0 radical (unpaired) electrons. The highest BCUT2D eigenvalue weighted by atomic mass is 32.2. The van der Waals surface area contributed by atoms with Crippen molar-refractivity contribution in [3.8, 4) is 11.3 Å². The van der Waals surface area contributed by atoms with E-state index < -0.39 is 27.7 Å². The van der Waals surface area contributed by atoms with E-state index in [2.05, 4.69) is 14.8 Å². The minimum Gasteiger partial charge on any atom is -0.463 e. The van der Waals surface area contributed by atoms with Gasteiger partial charge in [-0.05, 0) is 43.2 Å². The van der Waals surface area contributed by atoms with Gasteiger partial charge >= 0.3 is 6.09 Å². The third-order valence-electron chi connectivity index (χ3n) is 6.22. The Labute approximate surface area is 218 Å². The summed E-state index contributed by atoms with van der Waals surface area (Å²) in [4.78, 5) is 31.1. The summed E-state index contributed by atoms with van der Waals surface area (Å²) < 4.78 is 45.9. The van der Waals surface area contributed by atoms with Crippen LogP contribution >= 0.6 is 0 Å². The molecule has 13 heteroatoms. The molecule has 1 aromatic carbocycles. The molecule has 0 aliphatic carbocycles. The molecule has 1 atom stereocenters. The van der Waals surface area contributed by atoms with E-state index in [0.29, 0.717) is 17.8 Å². The smallest absolute Gasteiger partial charge is 0.439 e. The molecule has 1 aliphatic heterocycles. The van der Waals surface area contributed by atoms with E-state index in [1.54, 1.807) is 48.1 Å². The molecule has 10 nitrogen and oxygen atoms in total. The van der Waals surface area contributed by atoms with E-state index in [1.807, 2.05) is 0 Å². The van der Waals surface area contributed by atoms with Crippen LogP contribution in [0, 0.1) is 6.92 Å². The van der Waals surface area contributed by atoms with Gasteiger partial charge in [0.15, 0.2) is 0 Å². The van der Waals surface area contributed by atoms with E-state index in [1.165, 1.54) is 24.5 Å². The Morgan fingerprint density at radius 3 is 2.66 bits per heavy atom. The monoisotopic (exact) mass is 546 g/mol. The quantitative estimate of drug-likeness (QED) is 0.470. The van der Waals surface area contributed by atoms with Crippen molar-refractivity contribution in [2.24, 2.45) is 11.4 Å². The van der Waals surface area contributed by atoms with Crippen LogP contribution < -0.4 is 10.2 Å². The molecule has 2 N–H and O–H groups in total. The summed E-state index contributed by atoms with van der Waals surface area (Å²) in [6.07, 6.45) is 2.69. The molecule has 1 aliphatic rings.